The highest BCUT2D eigenvalue weighted by atomic mass is 16.5. The molecule has 0 atom stereocenters. The zero-order chi connectivity index (χ0) is 25.9. The van der Waals surface area contributed by atoms with Crippen molar-refractivity contribution >= 4 is 17.8 Å². The fourth-order valence-corrected chi connectivity index (χ4v) is 3.98. The van der Waals surface area contributed by atoms with E-state index in [0.29, 0.717) is 35.1 Å². The largest absolute Gasteiger partial charge is 0.493 e. The van der Waals surface area contributed by atoms with Gasteiger partial charge in [-0.15, -0.1) is 0 Å². The Morgan fingerprint density at radius 1 is 1.05 bits per heavy atom. The highest BCUT2D eigenvalue weighted by molar-refractivity contribution is 6.15. The predicted octanol–water partition coefficient (Wildman–Crippen LogP) is 5.98. The number of hydrogen-bond donors (Lipinski definition) is 0. The summed E-state index contributed by atoms with van der Waals surface area (Å²) in [6, 6.07) is 22.1. The van der Waals surface area contributed by atoms with E-state index >= 15 is 0 Å². The van der Waals surface area contributed by atoms with Crippen LogP contribution in [0.3, 0.4) is 0 Å². The van der Waals surface area contributed by atoms with Crippen molar-refractivity contribution in [3.63, 3.8) is 0 Å². The van der Waals surface area contributed by atoms with Gasteiger partial charge in [-0.25, -0.2) is 9.48 Å². The standard InChI is InChI=1S/C30H26N2O5/c1-19(2)18-36-24-12-9-20(10-13-24)28-22(17-32(31-28)23-7-5-4-6-8-23)16-27-29(33)25-15-21(30(34)35-3)11-14-26(25)37-27/h4-17,19H,18H2,1-3H3/b27-16-. The molecule has 37 heavy (non-hydrogen) atoms. The van der Waals surface area contributed by atoms with Crippen LogP contribution in [-0.2, 0) is 4.74 Å². The summed E-state index contributed by atoms with van der Waals surface area (Å²) in [5.41, 5.74) is 3.76. The Hall–Kier alpha value is -4.65. The second-order valence-corrected chi connectivity index (χ2v) is 9.08. The minimum atomic E-state index is -0.514. The van der Waals surface area contributed by atoms with Gasteiger partial charge in [0.25, 0.3) is 0 Å². The van der Waals surface area contributed by atoms with E-state index in [-0.39, 0.29) is 17.1 Å². The number of benzene rings is 3. The van der Waals surface area contributed by atoms with Gasteiger partial charge in [0.1, 0.15) is 17.2 Å². The van der Waals surface area contributed by atoms with Gasteiger partial charge < -0.3 is 14.2 Å². The van der Waals surface area contributed by atoms with Crippen LogP contribution in [0.25, 0.3) is 23.0 Å². The number of rotatable bonds is 7. The van der Waals surface area contributed by atoms with Crippen molar-refractivity contribution < 1.29 is 23.8 Å². The number of nitrogens with zero attached hydrogens (tertiary/aromatic N) is 2. The average Bonchev–Trinajstić information content (AvgIpc) is 3.48. The number of methoxy groups -OCH3 is 1. The quantitative estimate of drug-likeness (QED) is 0.232. The lowest BCUT2D eigenvalue weighted by Gasteiger charge is -2.09. The van der Waals surface area contributed by atoms with E-state index in [2.05, 4.69) is 13.8 Å². The lowest BCUT2D eigenvalue weighted by atomic mass is 10.0. The number of allylic oxidation sites excluding steroid dienone is 1. The van der Waals surface area contributed by atoms with Crippen LogP contribution in [0.4, 0.5) is 0 Å². The van der Waals surface area contributed by atoms with Crippen molar-refractivity contribution in [2.45, 2.75) is 13.8 Å². The SMILES string of the molecule is COC(=O)c1ccc2c(c1)C(=O)/C(=C/c1cn(-c3ccccc3)nc1-c1ccc(OCC(C)C)cc1)O2. The van der Waals surface area contributed by atoms with Gasteiger partial charge in [-0.05, 0) is 66.6 Å². The molecule has 0 bridgehead atoms. The number of fused-ring (bicyclic) bond motifs is 1. The third kappa shape index (κ3) is 5.02. The van der Waals surface area contributed by atoms with E-state index in [1.54, 1.807) is 22.9 Å². The Morgan fingerprint density at radius 2 is 1.81 bits per heavy atom. The summed E-state index contributed by atoms with van der Waals surface area (Å²) in [5.74, 6) is 0.939. The van der Waals surface area contributed by atoms with Crippen LogP contribution in [0.1, 0.15) is 40.1 Å². The highest BCUT2D eigenvalue weighted by Crippen LogP contribution is 2.34. The minimum Gasteiger partial charge on any atom is -0.493 e. The van der Waals surface area contributed by atoms with Crippen LogP contribution in [0, 0.1) is 5.92 Å². The Labute approximate surface area is 214 Å². The molecule has 5 rings (SSSR count). The molecule has 0 unspecified atom stereocenters. The summed E-state index contributed by atoms with van der Waals surface area (Å²) in [5, 5.41) is 4.82. The van der Waals surface area contributed by atoms with Crippen molar-refractivity contribution in [3.8, 4) is 28.4 Å². The topological polar surface area (TPSA) is 79.7 Å². The molecule has 0 N–H and O–H groups in total. The molecule has 0 fully saturated rings. The number of esters is 1. The Bertz CT molecular complexity index is 1480. The van der Waals surface area contributed by atoms with Crippen LogP contribution in [0.5, 0.6) is 11.5 Å². The molecular weight excluding hydrogens is 468 g/mol. The molecule has 0 radical (unpaired) electrons. The van der Waals surface area contributed by atoms with Gasteiger partial charge in [0.2, 0.25) is 5.78 Å². The molecule has 0 aliphatic carbocycles. The molecule has 0 amide bonds. The molecule has 3 aromatic carbocycles. The summed E-state index contributed by atoms with van der Waals surface area (Å²) in [7, 11) is 1.30. The summed E-state index contributed by atoms with van der Waals surface area (Å²) < 4.78 is 18.2. The van der Waals surface area contributed by atoms with Crippen LogP contribution in [0.2, 0.25) is 0 Å². The molecule has 4 aromatic rings. The zero-order valence-electron chi connectivity index (χ0n) is 20.8. The summed E-state index contributed by atoms with van der Waals surface area (Å²) in [6.07, 6.45) is 3.55. The first-order valence-corrected chi connectivity index (χ1v) is 12.0. The molecule has 1 aliphatic heterocycles. The van der Waals surface area contributed by atoms with Gasteiger partial charge in [0.15, 0.2) is 5.76 Å². The molecule has 1 aromatic heterocycles. The smallest absolute Gasteiger partial charge is 0.337 e. The molecule has 2 heterocycles. The van der Waals surface area contributed by atoms with Crippen molar-refractivity contribution in [3.05, 3.63) is 101 Å². The van der Waals surface area contributed by atoms with Crippen LogP contribution in [0.15, 0.2) is 84.8 Å². The summed E-state index contributed by atoms with van der Waals surface area (Å²) >= 11 is 0. The number of ketones is 1. The first-order valence-electron chi connectivity index (χ1n) is 12.0. The van der Waals surface area contributed by atoms with Gasteiger partial charge in [-0.3, -0.25) is 4.79 Å². The van der Waals surface area contributed by atoms with Gasteiger partial charge in [0, 0.05) is 17.3 Å². The maximum atomic E-state index is 13.2. The first kappa shape index (κ1) is 24.1. The number of ether oxygens (including phenoxy) is 3. The van der Waals surface area contributed by atoms with Gasteiger partial charge in [0.05, 0.1) is 30.5 Å². The number of Topliss-reactive ketones (excluding diaryl/α,β-unsaturated/α-hetero) is 1. The zero-order valence-corrected chi connectivity index (χ0v) is 20.8. The maximum absolute atomic E-state index is 13.2. The normalized spacial score (nSPS) is 13.5. The molecule has 0 saturated heterocycles. The van der Waals surface area contributed by atoms with E-state index < -0.39 is 5.97 Å². The monoisotopic (exact) mass is 494 g/mol. The van der Waals surface area contributed by atoms with Gasteiger partial charge >= 0.3 is 5.97 Å². The fraction of sp³-hybridized carbons (Fsp3) is 0.167. The third-order valence-corrected chi connectivity index (χ3v) is 5.85. The number of aromatic nitrogens is 2. The molecule has 186 valence electrons. The Balaban J connectivity index is 1.52. The summed E-state index contributed by atoms with van der Waals surface area (Å²) in [6.45, 7) is 4.84. The van der Waals surface area contributed by atoms with E-state index in [0.717, 1.165) is 17.0 Å². The number of para-hydroxylation sites is 1. The fourth-order valence-electron chi connectivity index (χ4n) is 3.98. The van der Waals surface area contributed by atoms with E-state index in [1.807, 2.05) is 60.8 Å². The van der Waals surface area contributed by atoms with Gasteiger partial charge in [-0.2, -0.15) is 5.10 Å². The van der Waals surface area contributed by atoms with E-state index in [4.69, 9.17) is 19.3 Å². The first-order chi connectivity index (χ1) is 17.9. The minimum absolute atomic E-state index is 0.155. The van der Waals surface area contributed by atoms with Crippen molar-refractivity contribution in [1.82, 2.24) is 9.78 Å². The molecule has 0 spiro atoms. The predicted molar refractivity (Wildman–Crippen MR) is 140 cm³/mol. The lowest BCUT2D eigenvalue weighted by molar-refractivity contribution is 0.0600. The van der Waals surface area contributed by atoms with Crippen molar-refractivity contribution in [2.75, 3.05) is 13.7 Å². The third-order valence-electron chi connectivity index (χ3n) is 5.85. The van der Waals surface area contributed by atoms with Crippen LogP contribution < -0.4 is 9.47 Å². The second-order valence-electron chi connectivity index (χ2n) is 9.08. The lowest BCUT2D eigenvalue weighted by Crippen LogP contribution is -2.04. The maximum Gasteiger partial charge on any atom is 0.337 e. The molecule has 1 aliphatic rings. The number of carbonyl (C=O) groups is 2. The molecule has 7 nitrogen and oxygen atoms in total. The Kier molecular flexibility index (Phi) is 6.60. The number of hydrogen-bond acceptors (Lipinski definition) is 6. The summed E-state index contributed by atoms with van der Waals surface area (Å²) in [4.78, 5) is 25.1. The molecule has 7 heteroatoms. The van der Waals surface area contributed by atoms with Crippen molar-refractivity contribution in [1.29, 1.82) is 0 Å². The average molecular weight is 495 g/mol. The van der Waals surface area contributed by atoms with E-state index in [1.165, 1.54) is 13.2 Å². The van der Waals surface area contributed by atoms with Crippen molar-refractivity contribution in [2.24, 2.45) is 5.92 Å². The second kappa shape index (κ2) is 10.1. The highest BCUT2D eigenvalue weighted by Gasteiger charge is 2.29. The molecular formula is C30H26N2O5. The van der Waals surface area contributed by atoms with Crippen LogP contribution in [-0.4, -0.2) is 35.2 Å². The van der Waals surface area contributed by atoms with Gasteiger partial charge in [-0.1, -0.05) is 32.0 Å². The Morgan fingerprint density at radius 3 is 2.51 bits per heavy atom. The van der Waals surface area contributed by atoms with Crippen LogP contribution >= 0.6 is 0 Å². The molecule has 0 saturated carbocycles. The number of carbonyl (C=O) groups excluding carboxylic acids is 2. The van der Waals surface area contributed by atoms with E-state index in [9.17, 15) is 9.59 Å².